The molecule has 3 rings (SSSR count). The fourth-order valence-electron chi connectivity index (χ4n) is 2.37. The summed E-state index contributed by atoms with van der Waals surface area (Å²) in [7, 11) is 0. The molecule has 0 atom stereocenters. The molecule has 27 heavy (non-hydrogen) atoms. The van der Waals surface area contributed by atoms with Crippen LogP contribution in [0.1, 0.15) is 23.0 Å². The zero-order chi connectivity index (χ0) is 19.2. The second-order valence-corrected chi connectivity index (χ2v) is 5.47. The lowest BCUT2D eigenvalue weighted by molar-refractivity contribution is 0.0947. The highest BCUT2D eigenvalue weighted by atomic mass is 16.5. The first-order chi connectivity index (χ1) is 13.1. The molecule has 3 N–H and O–H groups in total. The van der Waals surface area contributed by atoms with Crippen molar-refractivity contribution < 1.29 is 19.7 Å². The van der Waals surface area contributed by atoms with Gasteiger partial charge in [-0.3, -0.25) is 4.79 Å². The fourth-order valence-corrected chi connectivity index (χ4v) is 2.37. The SMILES string of the molecule is CCOc1cccc(/C=N/NC(=O)c2nn(-c3ccccc3)cc2O)c1O. The van der Waals surface area contributed by atoms with E-state index in [0.717, 1.165) is 0 Å². The summed E-state index contributed by atoms with van der Waals surface area (Å²) >= 11 is 0. The zero-order valence-electron chi connectivity index (χ0n) is 14.5. The van der Waals surface area contributed by atoms with Crippen LogP contribution < -0.4 is 10.2 Å². The standard InChI is InChI=1S/C19H18N4O4/c1-2-27-16-10-6-7-13(18(16)25)11-20-21-19(26)17-15(24)12-23(22-17)14-8-4-3-5-9-14/h3-12,24-25H,2H2,1H3,(H,21,26)/b20-11+. The lowest BCUT2D eigenvalue weighted by Gasteiger charge is -2.07. The quantitative estimate of drug-likeness (QED) is 0.459. The molecule has 0 aliphatic rings. The van der Waals surface area contributed by atoms with Crippen molar-refractivity contribution in [1.82, 2.24) is 15.2 Å². The molecule has 8 nitrogen and oxygen atoms in total. The number of ether oxygens (including phenoxy) is 1. The van der Waals surface area contributed by atoms with Crippen LogP contribution in [-0.4, -0.2) is 38.7 Å². The van der Waals surface area contributed by atoms with Gasteiger partial charge in [0, 0.05) is 5.56 Å². The van der Waals surface area contributed by atoms with E-state index in [4.69, 9.17) is 4.74 Å². The van der Waals surface area contributed by atoms with E-state index in [1.54, 1.807) is 30.3 Å². The van der Waals surface area contributed by atoms with Crippen LogP contribution in [0.3, 0.4) is 0 Å². The lowest BCUT2D eigenvalue weighted by atomic mass is 10.2. The first kappa shape index (κ1) is 18.0. The number of nitrogens with one attached hydrogen (secondary N) is 1. The van der Waals surface area contributed by atoms with Crippen LogP contribution in [-0.2, 0) is 0 Å². The van der Waals surface area contributed by atoms with Gasteiger partial charge in [0.1, 0.15) is 0 Å². The van der Waals surface area contributed by atoms with Crippen molar-refractivity contribution in [2.45, 2.75) is 6.92 Å². The fraction of sp³-hybridized carbons (Fsp3) is 0.105. The zero-order valence-corrected chi connectivity index (χ0v) is 14.5. The Morgan fingerprint density at radius 2 is 2.00 bits per heavy atom. The number of para-hydroxylation sites is 2. The first-order valence-corrected chi connectivity index (χ1v) is 8.22. The van der Waals surface area contributed by atoms with E-state index in [9.17, 15) is 15.0 Å². The molecule has 0 fully saturated rings. The highest BCUT2D eigenvalue weighted by Crippen LogP contribution is 2.28. The van der Waals surface area contributed by atoms with E-state index in [1.807, 2.05) is 25.1 Å². The second-order valence-electron chi connectivity index (χ2n) is 5.47. The number of hydrazone groups is 1. The van der Waals surface area contributed by atoms with E-state index < -0.39 is 5.91 Å². The van der Waals surface area contributed by atoms with Gasteiger partial charge in [-0.05, 0) is 31.2 Å². The summed E-state index contributed by atoms with van der Waals surface area (Å²) in [4.78, 5) is 12.2. The Morgan fingerprint density at radius 3 is 2.74 bits per heavy atom. The van der Waals surface area contributed by atoms with Gasteiger partial charge in [-0.15, -0.1) is 0 Å². The summed E-state index contributed by atoms with van der Waals surface area (Å²) in [6, 6.07) is 14.0. The highest BCUT2D eigenvalue weighted by molar-refractivity contribution is 5.95. The van der Waals surface area contributed by atoms with Crippen LogP contribution in [0.4, 0.5) is 0 Å². The van der Waals surface area contributed by atoms with Crippen molar-refractivity contribution in [3.63, 3.8) is 0 Å². The third kappa shape index (κ3) is 4.06. The van der Waals surface area contributed by atoms with Gasteiger partial charge in [0.2, 0.25) is 0 Å². The number of rotatable bonds is 6. The molecule has 0 unspecified atom stereocenters. The maximum Gasteiger partial charge on any atom is 0.295 e. The van der Waals surface area contributed by atoms with Crippen LogP contribution in [0.2, 0.25) is 0 Å². The third-order valence-electron chi connectivity index (χ3n) is 3.63. The average molecular weight is 366 g/mol. The normalized spacial score (nSPS) is 10.9. The van der Waals surface area contributed by atoms with Gasteiger partial charge in [0.25, 0.3) is 5.91 Å². The highest BCUT2D eigenvalue weighted by Gasteiger charge is 2.16. The maximum absolute atomic E-state index is 12.2. The summed E-state index contributed by atoms with van der Waals surface area (Å²) in [6.45, 7) is 2.22. The Bertz CT molecular complexity index is 967. The van der Waals surface area contributed by atoms with Gasteiger partial charge in [-0.25, -0.2) is 10.1 Å². The van der Waals surface area contributed by atoms with Crippen molar-refractivity contribution in [2.75, 3.05) is 6.61 Å². The number of aromatic nitrogens is 2. The van der Waals surface area contributed by atoms with E-state index in [-0.39, 0.29) is 17.2 Å². The predicted molar refractivity (Wildman–Crippen MR) is 99.6 cm³/mol. The van der Waals surface area contributed by atoms with Crippen molar-refractivity contribution in [2.24, 2.45) is 5.10 Å². The Morgan fingerprint density at radius 1 is 1.22 bits per heavy atom. The molecule has 1 amide bonds. The molecule has 1 aromatic heterocycles. The van der Waals surface area contributed by atoms with Crippen molar-refractivity contribution in [3.8, 4) is 22.9 Å². The topological polar surface area (TPSA) is 109 Å². The number of hydrogen-bond donors (Lipinski definition) is 3. The lowest BCUT2D eigenvalue weighted by Crippen LogP contribution is -2.18. The van der Waals surface area contributed by atoms with E-state index in [1.165, 1.54) is 17.1 Å². The summed E-state index contributed by atoms with van der Waals surface area (Å²) in [5, 5.41) is 27.9. The van der Waals surface area contributed by atoms with Gasteiger partial charge >= 0.3 is 0 Å². The predicted octanol–water partition coefficient (Wildman–Crippen LogP) is 2.45. The molecule has 2 aromatic carbocycles. The molecule has 0 saturated carbocycles. The molecule has 0 aliphatic carbocycles. The number of amides is 1. The Balaban J connectivity index is 1.72. The number of carbonyl (C=O) groups is 1. The van der Waals surface area contributed by atoms with Gasteiger partial charge in [0.05, 0.1) is 24.7 Å². The van der Waals surface area contributed by atoms with Gasteiger partial charge in [-0.2, -0.15) is 10.2 Å². The molecule has 138 valence electrons. The van der Waals surface area contributed by atoms with Crippen LogP contribution in [0.25, 0.3) is 5.69 Å². The van der Waals surface area contributed by atoms with Crippen LogP contribution in [0, 0.1) is 0 Å². The molecule has 3 aromatic rings. The summed E-state index contributed by atoms with van der Waals surface area (Å²) in [5.41, 5.74) is 3.19. The number of carbonyl (C=O) groups excluding carboxylic acids is 1. The summed E-state index contributed by atoms with van der Waals surface area (Å²) < 4.78 is 6.68. The largest absolute Gasteiger partial charge is 0.504 e. The molecular formula is C19H18N4O4. The smallest absolute Gasteiger partial charge is 0.295 e. The molecule has 1 heterocycles. The van der Waals surface area contributed by atoms with Crippen molar-refractivity contribution >= 4 is 12.1 Å². The monoisotopic (exact) mass is 366 g/mol. The minimum atomic E-state index is -0.682. The number of hydrogen-bond acceptors (Lipinski definition) is 6. The van der Waals surface area contributed by atoms with Gasteiger partial charge in [0.15, 0.2) is 22.9 Å². The number of benzene rings is 2. The molecule has 0 aliphatic heterocycles. The molecule has 0 spiro atoms. The maximum atomic E-state index is 12.2. The number of phenols is 1. The number of nitrogens with zero attached hydrogens (tertiary/aromatic N) is 3. The molecule has 0 bridgehead atoms. The summed E-state index contributed by atoms with van der Waals surface area (Å²) in [5.74, 6) is -0.702. The minimum absolute atomic E-state index is 0.0754. The van der Waals surface area contributed by atoms with Crippen LogP contribution >= 0.6 is 0 Å². The van der Waals surface area contributed by atoms with Crippen molar-refractivity contribution in [3.05, 3.63) is 66.0 Å². The van der Waals surface area contributed by atoms with Gasteiger partial charge in [-0.1, -0.05) is 24.3 Å². The molecule has 0 saturated heterocycles. The first-order valence-electron chi connectivity index (χ1n) is 8.22. The van der Waals surface area contributed by atoms with Crippen molar-refractivity contribution in [1.29, 1.82) is 0 Å². The minimum Gasteiger partial charge on any atom is -0.504 e. The molecule has 0 radical (unpaired) electrons. The van der Waals surface area contributed by atoms with Gasteiger partial charge < -0.3 is 14.9 Å². The Kier molecular flexibility index (Phi) is 5.36. The second kappa shape index (κ2) is 8.05. The van der Waals surface area contributed by atoms with E-state index >= 15 is 0 Å². The summed E-state index contributed by atoms with van der Waals surface area (Å²) in [6.07, 6.45) is 2.62. The molecular weight excluding hydrogens is 348 g/mol. The molecule has 8 heteroatoms. The Hall–Kier alpha value is -3.81. The van der Waals surface area contributed by atoms with Crippen LogP contribution in [0.15, 0.2) is 59.8 Å². The average Bonchev–Trinajstić information content (AvgIpc) is 3.07. The van der Waals surface area contributed by atoms with E-state index in [2.05, 4.69) is 15.6 Å². The number of aromatic hydroxyl groups is 2. The number of phenolic OH excluding ortho intramolecular Hbond substituents is 1. The van der Waals surface area contributed by atoms with Crippen LogP contribution in [0.5, 0.6) is 17.2 Å². The van der Waals surface area contributed by atoms with E-state index in [0.29, 0.717) is 23.6 Å². The Labute approximate surface area is 155 Å². The third-order valence-corrected chi connectivity index (χ3v) is 3.63.